The van der Waals surface area contributed by atoms with Crippen molar-refractivity contribution in [1.82, 2.24) is 4.98 Å². The van der Waals surface area contributed by atoms with Crippen molar-refractivity contribution >= 4 is 5.82 Å². The van der Waals surface area contributed by atoms with Crippen molar-refractivity contribution in [1.29, 1.82) is 0 Å². The zero-order valence-electron chi connectivity index (χ0n) is 7.70. The molecule has 0 aromatic carbocycles. The molecule has 0 fully saturated rings. The lowest BCUT2D eigenvalue weighted by atomic mass is 10.3. The fourth-order valence-corrected chi connectivity index (χ4v) is 0.929. The van der Waals surface area contributed by atoms with Crippen LogP contribution in [0.15, 0.2) is 18.3 Å². The third-order valence-corrected chi connectivity index (χ3v) is 1.73. The molecule has 0 saturated carbocycles. The van der Waals surface area contributed by atoms with Crippen LogP contribution in [0.5, 0.6) is 0 Å². The van der Waals surface area contributed by atoms with E-state index in [-0.39, 0.29) is 12.6 Å². The van der Waals surface area contributed by atoms with E-state index in [9.17, 15) is 0 Å². The largest absolute Gasteiger partial charge is 0.394 e. The van der Waals surface area contributed by atoms with E-state index < -0.39 is 0 Å². The van der Waals surface area contributed by atoms with Crippen LogP contribution in [-0.2, 0) is 6.54 Å². The Morgan fingerprint density at radius 3 is 2.85 bits per heavy atom. The van der Waals surface area contributed by atoms with Crippen molar-refractivity contribution < 1.29 is 5.11 Å². The molecule has 1 heterocycles. The summed E-state index contributed by atoms with van der Waals surface area (Å²) in [4.78, 5) is 4.14. The Balaban J connectivity index is 2.58. The zero-order valence-corrected chi connectivity index (χ0v) is 7.70. The number of pyridine rings is 1. The molecule has 0 radical (unpaired) electrons. The maximum absolute atomic E-state index is 8.79. The predicted molar refractivity (Wildman–Crippen MR) is 52.3 cm³/mol. The standard InChI is InChI=1S/C9H15N3O/c1-7(6-13)12-9-3-2-8(4-10)5-11-9/h2-3,5,7,13H,4,6,10H2,1H3,(H,11,12). The fourth-order valence-electron chi connectivity index (χ4n) is 0.929. The maximum atomic E-state index is 8.79. The number of hydrogen-bond donors (Lipinski definition) is 3. The minimum absolute atomic E-state index is 0.0243. The number of nitrogens with one attached hydrogen (secondary N) is 1. The zero-order chi connectivity index (χ0) is 9.68. The topological polar surface area (TPSA) is 71.2 Å². The van der Waals surface area contributed by atoms with E-state index in [0.29, 0.717) is 6.54 Å². The predicted octanol–water partition coefficient (Wildman–Crippen LogP) is 0.333. The van der Waals surface area contributed by atoms with Crippen LogP contribution in [0.4, 0.5) is 5.82 Å². The smallest absolute Gasteiger partial charge is 0.126 e. The summed E-state index contributed by atoms with van der Waals surface area (Å²) >= 11 is 0. The van der Waals surface area contributed by atoms with Crippen molar-refractivity contribution in [2.45, 2.75) is 19.5 Å². The fraction of sp³-hybridized carbons (Fsp3) is 0.444. The maximum Gasteiger partial charge on any atom is 0.126 e. The van der Waals surface area contributed by atoms with Crippen LogP contribution in [0, 0.1) is 0 Å². The summed E-state index contributed by atoms with van der Waals surface area (Å²) in [5.74, 6) is 0.763. The molecule has 0 spiro atoms. The summed E-state index contributed by atoms with van der Waals surface area (Å²) in [5.41, 5.74) is 6.43. The van der Waals surface area contributed by atoms with Gasteiger partial charge in [0.15, 0.2) is 0 Å². The molecule has 1 unspecified atom stereocenters. The Morgan fingerprint density at radius 2 is 2.38 bits per heavy atom. The van der Waals surface area contributed by atoms with E-state index in [1.54, 1.807) is 6.20 Å². The summed E-state index contributed by atoms with van der Waals surface area (Å²) in [6.45, 7) is 2.49. The first-order valence-electron chi connectivity index (χ1n) is 4.28. The van der Waals surface area contributed by atoms with E-state index >= 15 is 0 Å². The highest BCUT2D eigenvalue weighted by molar-refractivity contribution is 5.36. The van der Waals surface area contributed by atoms with Crippen LogP contribution in [0.3, 0.4) is 0 Å². The average molecular weight is 181 g/mol. The summed E-state index contributed by atoms with van der Waals surface area (Å²) < 4.78 is 0. The van der Waals surface area contributed by atoms with Crippen molar-refractivity contribution in [2.75, 3.05) is 11.9 Å². The minimum Gasteiger partial charge on any atom is -0.394 e. The molecule has 0 aliphatic rings. The van der Waals surface area contributed by atoms with Gasteiger partial charge in [0.1, 0.15) is 5.82 Å². The Bertz CT molecular complexity index is 248. The van der Waals surface area contributed by atoms with Gasteiger partial charge in [-0.05, 0) is 18.6 Å². The van der Waals surface area contributed by atoms with Gasteiger partial charge >= 0.3 is 0 Å². The highest BCUT2D eigenvalue weighted by Gasteiger charge is 1.99. The number of nitrogens with zero attached hydrogens (tertiary/aromatic N) is 1. The molecule has 72 valence electrons. The molecule has 1 aromatic rings. The van der Waals surface area contributed by atoms with E-state index in [4.69, 9.17) is 10.8 Å². The van der Waals surface area contributed by atoms with Gasteiger partial charge in [0.2, 0.25) is 0 Å². The molecule has 0 bridgehead atoms. The van der Waals surface area contributed by atoms with Crippen LogP contribution in [0.25, 0.3) is 0 Å². The third-order valence-electron chi connectivity index (χ3n) is 1.73. The molecule has 0 aliphatic carbocycles. The molecule has 4 heteroatoms. The lowest BCUT2D eigenvalue weighted by Gasteiger charge is -2.11. The summed E-state index contributed by atoms with van der Waals surface area (Å²) in [5, 5.41) is 11.8. The van der Waals surface area contributed by atoms with Crippen LogP contribution in [0.1, 0.15) is 12.5 Å². The quantitative estimate of drug-likeness (QED) is 0.626. The van der Waals surface area contributed by atoms with Crippen LogP contribution in [-0.4, -0.2) is 22.7 Å². The Kier molecular flexibility index (Phi) is 3.67. The minimum atomic E-state index is 0.0243. The van der Waals surface area contributed by atoms with Gasteiger partial charge in [0, 0.05) is 18.8 Å². The lowest BCUT2D eigenvalue weighted by Crippen LogP contribution is -2.19. The molecule has 1 rings (SSSR count). The van der Waals surface area contributed by atoms with Gasteiger partial charge in [-0.3, -0.25) is 0 Å². The Labute approximate surface area is 77.8 Å². The molecule has 0 aliphatic heterocycles. The highest BCUT2D eigenvalue weighted by Crippen LogP contribution is 2.05. The van der Waals surface area contributed by atoms with Gasteiger partial charge in [-0.25, -0.2) is 4.98 Å². The van der Waals surface area contributed by atoms with Crippen molar-refractivity contribution in [2.24, 2.45) is 5.73 Å². The van der Waals surface area contributed by atoms with Gasteiger partial charge in [-0.1, -0.05) is 6.07 Å². The van der Waals surface area contributed by atoms with Crippen molar-refractivity contribution in [3.63, 3.8) is 0 Å². The molecule has 1 aromatic heterocycles. The van der Waals surface area contributed by atoms with Gasteiger partial charge in [-0.2, -0.15) is 0 Å². The Hall–Kier alpha value is -1.13. The highest BCUT2D eigenvalue weighted by atomic mass is 16.3. The number of aliphatic hydroxyl groups is 1. The molecule has 0 saturated heterocycles. The van der Waals surface area contributed by atoms with Gasteiger partial charge in [-0.15, -0.1) is 0 Å². The molecular formula is C9H15N3O. The molecule has 4 nitrogen and oxygen atoms in total. The van der Waals surface area contributed by atoms with Gasteiger partial charge in [0.25, 0.3) is 0 Å². The number of aliphatic hydroxyl groups excluding tert-OH is 1. The van der Waals surface area contributed by atoms with E-state index in [1.807, 2.05) is 19.1 Å². The number of rotatable bonds is 4. The molecule has 13 heavy (non-hydrogen) atoms. The monoisotopic (exact) mass is 181 g/mol. The van der Waals surface area contributed by atoms with Crippen LogP contribution >= 0.6 is 0 Å². The van der Waals surface area contributed by atoms with Crippen molar-refractivity contribution in [3.05, 3.63) is 23.9 Å². The van der Waals surface area contributed by atoms with Crippen LogP contribution in [0.2, 0.25) is 0 Å². The lowest BCUT2D eigenvalue weighted by molar-refractivity contribution is 0.281. The number of aromatic nitrogens is 1. The number of nitrogens with two attached hydrogens (primary N) is 1. The molecule has 4 N–H and O–H groups in total. The molecular weight excluding hydrogens is 166 g/mol. The summed E-state index contributed by atoms with van der Waals surface area (Å²) in [6.07, 6.45) is 1.73. The van der Waals surface area contributed by atoms with Gasteiger partial charge in [0.05, 0.1) is 6.61 Å². The second kappa shape index (κ2) is 4.79. The Morgan fingerprint density at radius 1 is 1.62 bits per heavy atom. The SMILES string of the molecule is CC(CO)Nc1ccc(CN)cn1. The van der Waals surface area contributed by atoms with E-state index in [1.165, 1.54) is 0 Å². The summed E-state index contributed by atoms with van der Waals surface area (Å²) in [6, 6.07) is 3.80. The average Bonchev–Trinajstić information content (AvgIpc) is 2.19. The second-order valence-electron chi connectivity index (χ2n) is 2.98. The third kappa shape index (κ3) is 3.01. The van der Waals surface area contributed by atoms with Gasteiger partial charge < -0.3 is 16.2 Å². The first-order chi connectivity index (χ1) is 6.26. The van der Waals surface area contributed by atoms with E-state index in [2.05, 4.69) is 10.3 Å². The van der Waals surface area contributed by atoms with Crippen LogP contribution < -0.4 is 11.1 Å². The first-order valence-corrected chi connectivity index (χ1v) is 4.28. The second-order valence-corrected chi connectivity index (χ2v) is 2.98. The van der Waals surface area contributed by atoms with E-state index in [0.717, 1.165) is 11.4 Å². The number of anilines is 1. The number of hydrogen-bond acceptors (Lipinski definition) is 4. The molecule has 0 amide bonds. The normalized spacial score (nSPS) is 12.5. The molecule has 1 atom stereocenters. The first kappa shape index (κ1) is 9.95. The summed E-state index contributed by atoms with van der Waals surface area (Å²) in [7, 11) is 0. The van der Waals surface area contributed by atoms with Crippen molar-refractivity contribution in [3.8, 4) is 0 Å².